The first-order chi connectivity index (χ1) is 8.67. The van der Waals surface area contributed by atoms with Gasteiger partial charge in [-0.05, 0) is 36.5 Å². The molecule has 100 valence electrons. The Kier molecular flexibility index (Phi) is 5.01. The molecule has 0 amide bonds. The minimum atomic E-state index is 0.225. The second-order valence-electron chi connectivity index (χ2n) is 5.19. The summed E-state index contributed by atoms with van der Waals surface area (Å²) in [5, 5.41) is 9.81. The minimum Gasteiger partial charge on any atom is -0.396 e. The van der Waals surface area contributed by atoms with Crippen LogP contribution < -0.4 is 5.73 Å². The van der Waals surface area contributed by atoms with Crippen LogP contribution in [0.4, 0.5) is 0 Å². The average Bonchev–Trinajstić information content (AvgIpc) is 2.32. The molecule has 18 heavy (non-hydrogen) atoms. The van der Waals surface area contributed by atoms with E-state index in [1.165, 1.54) is 5.56 Å². The highest BCUT2D eigenvalue weighted by atomic mass is 35.5. The fraction of sp³-hybridized carbons (Fsp3) is 0.571. The lowest BCUT2D eigenvalue weighted by Gasteiger charge is -2.36. The zero-order valence-corrected chi connectivity index (χ0v) is 11.3. The van der Waals surface area contributed by atoms with Crippen molar-refractivity contribution in [2.24, 2.45) is 11.7 Å². The Labute approximate surface area is 114 Å². The normalized spacial score (nSPS) is 25.3. The molecule has 2 atom stereocenters. The van der Waals surface area contributed by atoms with Crippen molar-refractivity contribution in [3.05, 3.63) is 34.9 Å². The highest BCUT2D eigenvalue weighted by molar-refractivity contribution is 6.30. The first-order valence-corrected chi connectivity index (χ1v) is 6.88. The van der Waals surface area contributed by atoms with Gasteiger partial charge in [0.15, 0.2) is 0 Å². The van der Waals surface area contributed by atoms with Crippen molar-refractivity contribution in [3.8, 4) is 0 Å². The van der Waals surface area contributed by atoms with E-state index in [0.29, 0.717) is 5.92 Å². The van der Waals surface area contributed by atoms with E-state index in [2.05, 4.69) is 17.0 Å². The third-order valence-electron chi connectivity index (χ3n) is 3.50. The van der Waals surface area contributed by atoms with Gasteiger partial charge in [0, 0.05) is 37.3 Å². The molecule has 1 aromatic carbocycles. The van der Waals surface area contributed by atoms with E-state index in [0.717, 1.165) is 37.5 Å². The van der Waals surface area contributed by atoms with Crippen molar-refractivity contribution >= 4 is 11.6 Å². The Morgan fingerprint density at radius 2 is 2.00 bits per heavy atom. The van der Waals surface area contributed by atoms with E-state index in [1.807, 2.05) is 12.1 Å². The van der Waals surface area contributed by atoms with Crippen LogP contribution in [0.15, 0.2) is 24.3 Å². The number of piperidine rings is 1. The molecule has 1 heterocycles. The van der Waals surface area contributed by atoms with Gasteiger partial charge in [0.2, 0.25) is 0 Å². The molecule has 2 unspecified atom stereocenters. The van der Waals surface area contributed by atoms with Gasteiger partial charge < -0.3 is 10.8 Å². The zero-order chi connectivity index (χ0) is 13.0. The predicted octanol–water partition coefficient (Wildman–Crippen LogP) is 1.87. The molecular weight excluding hydrogens is 248 g/mol. The molecule has 0 aromatic heterocycles. The number of hydrogen-bond donors (Lipinski definition) is 2. The number of halogens is 1. The lowest BCUT2D eigenvalue weighted by molar-refractivity contribution is 0.128. The number of likely N-dealkylation sites (tertiary alicyclic amines) is 1. The summed E-state index contributed by atoms with van der Waals surface area (Å²) in [5.74, 6) is 0.519. The van der Waals surface area contributed by atoms with E-state index in [4.69, 9.17) is 22.4 Å². The molecule has 3 nitrogen and oxygen atoms in total. The molecule has 1 saturated heterocycles. The number of nitrogens with zero attached hydrogens (tertiary/aromatic N) is 1. The molecule has 0 bridgehead atoms. The van der Waals surface area contributed by atoms with Crippen LogP contribution in [0, 0.1) is 5.92 Å². The summed E-state index contributed by atoms with van der Waals surface area (Å²) in [6.45, 7) is 3.13. The molecule has 0 saturated carbocycles. The van der Waals surface area contributed by atoms with Gasteiger partial charge in [-0.1, -0.05) is 23.7 Å². The van der Waals surface area contributed by atoms with E-state index >= 15 is 0 Å². The van der Waals surface area contributed by atoms with Crippen LogP contribution in [0.2, 0.25) is 5.02 Å². The number of aliphatic hydroxyl groups is 1. The maximum atomic E-state index is 9.04. The Bertz CT molecular complexity index is 369. The Morgan fingerprint density at radius 3 is 2.67 bits per heavy atom. The predicted molar refractivity (Wildman–Crippen MR) is 74.5 cm³/mol. The number of rotatable bonds is 4. The van der Waals surface area contributed by atoms with Crippen molar-refractivity contribution in [2.75, 3.05) is 19.7 Å². The third-order valence-corrected chi connectivity index (χ3v) is 3.75. The highest BCUT2D eigenvalue weighted by Gasteiger charge is 2.24. The van der Waals surface area contributed by atoms with Gasteiger partial charge in [-0.15, -0.1) is 0 Å². The molecule has 0 spiro atoms. The van der Waals surface area contributed by atoms with Crippen LogP contribution in [0.5, 0.6) is 0 Å². The Hall–Kier alpha value is -0.610. The second kappa shape index (κ2) is 6.53. The second-order valence-corrected chi connectivity index (χ2v) is 5.63. The van der Waals surface area contributed by atoms with Gasteiger partial charge in [-0.3, -0.25) is 4.90 Å². The molecule has 1 fully saturated rings. The summed E-state index contributed by atoms with van der Waals surface area (Å²) >= 11 is 5.88. The fourth-order valence-corrected chi connectivity index (χ4v) is 2.84. The number of benzene rings is 1. The molecule has 1 aliphatic rings. The molecule has 4 heteroatoms. The average molecular weight is 269 g/mol. The van der Waals surface area contributed by atoms with E-state index in [1.54, 1.807) is 0 Å². The lowest BCUT2D eigenvalue weighted by atomic mass is 9.92. The molecular formula is C14H21ClN2O. The van der Waals surface area contributed by atoms with Crippen LogP contribution in [-0.2, 0) is 6.54 Å². The quantitative estimate of drug-likeness (QED) is 0.877. The summed E-state index contributed by atoms with van der Waals surface area (Å²) in [4.78, 5) is 2.37. The molecule has 2 rings (SSSR count). The van der Waals surface area contributed by atoms with Gasteiger partial charge in [0.05, 0.1) is 0 Å². The largest absolute Gasteiger partial charge is 0.396 e. The van der Waals surface area contributed by atoms with Crippen LogP contribution in [0.1, 0.15) is 18.4 Å². The summed E-state index contributed by atoms with van der Waals surface area (Å²) in [7, 11) is 0. The van der Waals surface area contributed by atoms with Crippen molar-refractivity contribution in [1.82, 2.24) is 4.90 Å². The maximum Gasteiger partial charge on any atom is 0.0434 e. The van der Waals surface area contributed by atoms with Gasteiger partial charge in [0.1, 0.15) is 0 Å². The van der Waals surface area contributed by atoms with Crippen LogP contribution in [0.25, 0.3) is 0 Å². The zero-order valence-electron chi connectivity index (χ0n) is 10.6. The topological polar surface area (TPSA) is 49.5 Å². The number of nitrogens with two attached hydrogens (primary N) is 1. The van der Waals surface area contributed by atoms with Crippen molar-refractivity contribution in [2.45, 2.75) is 25.4 Å². The lowest BCUT2D eigenvalue weighted by Crippen LogP contribution is -2.46. The first kappa shape index (κ1) is 13.8. The SMILES string of the molecule is NC1CC(CCO)CN(Cc2ccc(Cl)cc2)C1. The third kappa shape index (κ3) is 3.95. The van der Waals surface area contributed by atoms with Crippen LogP contribution in [-0.4, -0.2) is 35.7 Å². The van der Waals surface area contributed by atoms with Crippen molar-refractivity contribution in [3.63, 3.8) is 0 Å². The molecule has 0 aliphatic carbocycles. The number of aliphatic hydroxyl groups excluding tert-OH is 1. The standard InChI is InChI=1S/C14H21ClN2O/c15-13-3-1-11(2-4-13)8-17-9-12(5-6-18)7-14(16)10-17/h1-4,12,14,18H,5-10,16H2. The fourth-order valence-electron chi connectivity index (χ4n) is 2.72. The van der Waals surface area contributed by atoms with Crippen molar-refractivity contribution < 1.29 is 5.11 Å². The van der Waals surface area contributed by atoms with Crippen LogP contribution in [0.3, 0.4) is 0 Å². The Balaban J connectivity index is 1.93. The summed E-state index contributed by atoms with van der Waals surface area (Å²) in [6.07, 6.45) is 1.88. The summed E-state index contributed by atoms with van der Waals surface area (Å²) in [5.41, 5.74) is 7.34. The minimum absolute atomic E-state index is 0.225. The highest BCUT2D eigenvalue weighted by Crippen LogP contribution is 2.21. The van der Waals surface area contributed by atoms with Gasteiger partial charge in [0.25, 0.3) is 0 Å². The van der Waals surface area contributed by atoms with E-state index in [9.17, 15) is 0 Å². The summed E-state index contributed by atoms with van der Waals surface area (Å²) < 4.78 is 0. The Morgan fingerprint density at radius 1 is 1.28 bits per heavy atom. The van der Waals surface area contributed by atoms with Gasteiger partial charge >= 0.3 is 0 Å². The molecule has 1 aromatic rings. The maximum absolute atomic E-state index is 9.04. The monoisotopic (exact) mass is 268 g/mol. The molecule has 3 N–H and O–H groups in total. The molecule has 0 radical (unpaired) electrons. The summed E-state index contributed by atoms with van der Waals surface area (Å²) in [6, 6.07) is 8.19. The first-order valence-electron chi connectivity index (χ1n) is 6.50. The van der Waals surface area contributed by atoms with Crippen LogP contribution >= 0.6 is 11.6 Å². The molecule has 1 aliphatic heterocycles. The van der Waals surface area contributed by atoms with Gasteiger partial charge in [-0.2, -0.15) is 0 Å². The van der Waals surface area contributed by atoms with Gasteiger partial charge in [-0.25, -0.2) is 0 Å². The smallest absolute Gasteiger partial charge is 0.0434 e. The van der Waals surface area contributed by atoms with E-state index < -0.39 is 0 Å². The van der Waals surface area contributed by atoms with Crippen molar-refractivity contribution in [1.29, 1.82) is 0 Å². The van der Waals surface area contributed by atoms with E-state index in [-0.39, 0.29) is 12.6 Å². The number of hydrogen-bond acceptors (Lipinski definition) is 3.